The molecule has 2 saturated heterocycles. The molecule has 1 aromatic heterocycles. The molecular weight excluding hydrogens is 448 g/mol. The highest BCUT2D eigenvalue weighted by Crippen LogP contribution is 2.32. The molecule has 36 heavy (non-hydrogen) atoms. The second kappa shape index (κ2) is 9.26. The summed E-state index contributed by atoms with van der Waals surface area (Å²) in [4.78, 5) is 29.9. The number of fused-ring (bicyclic) bond motifs is 1. The lowest BCUT2D eigenvalue weighted by atomic mass is 9.87. The number of nitrogens with zero attached hydrogens (tertiary/aromatic N) is 4. The second-order valence-corrected chi connectivity index (χ2v) is 10.2. The van der Waals surface area contributed by atoms with Crippen molar-refractivity contribution in [1.29, 1.82) is 0 Å². The maximum atomic E-state index is 13.3. The first-order valence-electron chi connectivity index (χ1n) is 12.7. The first-order chi connectivity index (χ1) is 17.6. The molecule has 6 nitrogen and oxygen atoms in total. The van der Waals surface area contributed by atoms with Crippen LogP contribution in [0.2, 0.25) is 0 Å². The number of amides is 2. The third-order valence-electron chi connectivity index (χ3n) is 7.65. The Kier molecular flexibility index (Phi) is 5.80. The van der Waals surface area contributed by atoms with Gasteiger partial charge in [-0.05, 0) is 55.0 Å². The number of carbonyl (C=O) groups excluding carboxylic acids is 2. The number of aryl methyl sites for hydroxylation is 1. The molecule has 6 rings (SSSR count). The van der Waals surface area contributed by atoms with Gasteiger partial charge >= 0.3 is 0 Å². The van der Waals surface area contributed by atoms with Crippen LogP contribution in [-0.2, 0) is 7.05 Å². The summed E-state index contributed by atoms with van der Waals surface area (Å²) in [5.41, 5.74) is 4.45. The van der Waals surface area contributed by atoms with Crippen LogP contribution in [0.4, 0.5) is 0 Å². The van der Waals surface area contributed by atoms with Crippen molar-refractivity contribution in [3.63, 3.8) is 0 Å². The lowest BCUT2D eigenvalue weighted by Crippen LogP contribution is -2.50. The largest absolute Gasteiger partial charge is 0.338 e. The van der Waals surface area contributed by atoms with E-state index in [1.807, 2.05) is 100 Å². The lowest BCUT2D eigenvalue weighted by Gasteiger charge is -2.40. The summed E-state index contributed by atoms with van der Waals surface area (Å²) in [6.45, 7) is 3.22. The van der Waals surface area contributed by atoms with Gasteiger partial charge in [-0.25, -0.2) is 0 Å². The zero-order valence-electron chi connectivity index (χ0n) is 20.5. The minimum atomic E-state index is 0.0864. The zero-order chi connectivity index (χ0) is 24.6. The number of hydrogen-bond acceptors (Lipinski definition) is 3. The van der Waals surface area contributed by atoms with Crippen LogP contribution in [0.5, 0.6) is 0 Å². The fourth-order valence-electron chi connectivity index (χ4n) is 5.72. The van der Waals surface area contributed by atoms with Crippen LogP contribution < -0.4 is 0 Å². The third kappa shape index (κ3) is 4.17. The van der Waals surface area contributed by atoms with Crippen LogP contribution in [0.15, 0.2) is 78.9 Å². The van der Waals surface area contributed by atoms with E-state index in [-0.39, 0.29) is 11.8 Å². The van der Waals surface area contributed by atoms with Gasteiger partial charge in [0.05, 0.1) is 5.52 Å². The first-order valence-corrected chi connectivity index (χ1v) is 12.7. The Balaban J connectivity index is 1.08. The van der Waals surface area contributed by atoms with Gasteiger partial charge in [0.1, 0.15) is 5.69 Å². The van der Waals surface area contributed by atoms with Gasteiger partial charge in [-0.2, -0.15) is 5.10 Å². The normalized spacial score (nSPS) is 18.0. The Morgan fingerprint density at radius 1 is 0.806 bits per heavy atom. The van der Waals surface area contributed by atoms with E-state index >= 15 is 0 Å². The number of benzene rings is 3. The molecule has 3 heterocycles. The fourth-order valence-corrected chi connectivity index (χ4v) is 5.72. The van der Waals surface area contributed by atoms with E-state index in [1.165, 1.54) is 0 Å². The standard InChI is InChI=1S/C30H30N4O2/c1-32-27-13-12-25(17-26(27)28(31-32)23-8-4-2-5-9-23)30(36)34-19-22(20-34)16-21-14-15-33(18-21)29(35)24-10-6-3-7-11-24/h2-13,17,21-22H,14-16,18-20H2,1H3/t21-/m1/s1. The lowest BCUT2D eigenvalue weighted by molar-refractivity contribution is 0.0453. The molecule has 0 unspecified atom stereocenters. The molecule has 0 N–H and O–H groups in total. The minimum absolute atomic E-state index is 0.0864. The van der Waals surface area contributed by atoms with E-state index < -0.39 is 0 Å². The molecule has 0 spiro atoms. The monoisotopic (exact) mass is 478 g/mol. The molecule has 6 heteroatoms. The van der Waals surface area contributed by atoms with Gasteiger partial charge in [0.25, 0.3) is 11.8 Å². The topological polar surface area (TPSA) is 58.4 Å². The molecule has 3 aromatic carbocycles. The molecule has 0 radical (unpaired) electrons. The fraction of sp³-hybridized carbons (Fsp3) is 0.300. The van der Waals surface area contributed by atoms with Gasteiger partial charge in [-0.15, -0.1) is 0 Å². The van der Waals surface area contributed by atoms with Crippen molar-refractivity contribution in [2.45, 2.75) is 12.8 Å². The maximum absolute atomic E-state index is 13.3. The number of hydrogen-bond donors (Lipinski definition) is 0. The van der Waals surface area contributed by atoms with Crippen molar-refractivity contribution >= 4 is 22.7 Å². The first kappa shape index (κ1) is 22.5. The predicted octanol–water partition coefficient (Wildman–Crippen LogP) is 4.86. The van der Waals surface area contributed by atoms with Crippen molar-refractivity contribution in [2.24, 2.45) is 18.9 Å². The van der Waals surface area contributed by atoms with Crippen LogP contribution in [0.3, 0.4) is 0 Å². The summed E-state index contributed by atoms with van der Waals surface area (Å²) < 4.78 is 1.87. The van der Waals surface area contributed by atoms with Crippen LogP contribution in [0, 0.1) is 11.8 Å². The van der Waals surface area contributed by atoms with Gasteiger partial charge in [0.2, 0.25) is 0 Å². The van der Waals surface area contributed by atoms with Gasteiger partial charge in [0, 0.05) is 55.3 Å². The van der Waals surface area contributed by atoms with E-state index in [0.717, 1.165) is 66.7 Å². The molecule has 0 aliphatic carbocycles. The molecule has 2 aliphatic rings. The quantitative estimate of drug-likeness (QED) is 0.411. The van der Waals surface area contributed by atoms with Crippen LogP contribution >= 0.6 is 0 Å². The molecule has 2 aliphatic heterocycles. The predicted molar refractivity (Wildman–Crippen MR) is 141 cm³/mol. The summed E-state index contributed by atoms with van der Waals surface area (Å²) in [7, 11) is 1.94. The van der Waals surface area contributed by atoms with Crippen LogP contribution in [0.1, 0.15) is 33.6 Å². The van der Waals surface area contributed by atoms with E-state index in [1.54, 1.807) is 0 Å². The van der Waals surface area contributed by atoms with Gasteiger partial charge in [0.15, 0.2) is 0 Å². The smallest absolute Gasteiger partial charge is 0.253 e. The van der Waals surface area contributed by atoms with Gasteiger partial charge < -0.3 is 9.80 Å². The SMILES string of the molecule is Cn1nc(-c2ccccc2)c2cc(C(=O)N3CC(C[C@H]4CCN(C(=O)c5ccccc5)C4)C3)ccc21. The number of likely N-dealkylation sites (tertiary alicyclic amines) is 2. The highest BCUT2D eigenvalue weighted by atomic mass is 16.2. The molecule has 2 fully saturated rings. The van der Waals surface area contributed by atoms with Crippen molar-refractivity contribution in [1.82, 2.24) is 19.6 Å². The Hall–Kier alpha value is -3.93. The average molecular weight is 479 g/mol. The summed E-state index contributed by atoms with van der Waals surface area (Å²) in [6, 6.07) is 25.5. The van der Waals surface area contributed by atoms with E-state index in [9.17, 15) is 9.59 Å². The Morgan fingerprint density at radius 2 is 1.47 bits per heavy atom. The minimum Gasteiger partial charge on any atom is -0.338 e. The summed E-state index contributed by atoms with van der Waals surface area (Å²) in [6.07, 6.45) is 2.12. The Bertz CT molecular complexity index is 1410. The zero-order valence-corrected chi connectivity index (χ0v) is 20.5. The Morgan fingerprint density at radius 3 is 2.22 bits per heavy atom. The number of carbonyl (C=O) groups is 2. The summed E-state index contributed by atoms with van der Waals surface area (Å²) in [5.74, 6) is 1.24. The van der Waals surface area contributed by atoms with Crippen LogP contribution in [0.25, 0.3) is 22.2 Å². The average Bonchev–Trinajstić information content (AvgIpc) is 3.50. The summed E-state index contributed by atoms with van der Waals surface area (Å²) in [5, 5.41) is 5.71. The highest BCUT2D eigenvalue weighted by molar-refractivity contribution is 6.02. The molecule has 2 amide bonds. The maximum Gasteiger partial charge on any atom is 0.253 e. The van der Waals surface area contributed by atoms with Crippen molar-refractivity contribution in [3.05, 3.63) is 90.0 Å². The van der Waals surface area contributed by atoms with Crippen molar-refractivity contribution in [3.8, 4) is 11.3 Å². The molecule has 182 valence electrons. The van der Waals surface area contributed by atoms with E-state index in [4.69, 9.17) is 5.10 Å². The molecule has 0 saturated carbocycles. The third-order valence-corrected chi connectivity index (χ3v) is 7.65. The van der Waals surface area contributed by atoms with Crippen molar-refractivity contribution in [2.75, 3.05) is 26.2 Å². The van der Waals surface area contributed by atoms with E-state index in [2.05, 4.69) is 0 Å². The Labute approximate surface area is 211 Å². The van der Waals surface area contributed by atoms with E-state index in [0.29, 0.717) is 17.4 Å². The van der Waals surface area contributed by atoms with Crippen molar-refractivity contribution < 1.29 is 9.59 Å². The number of aromatic nitrogens is 2. The van der Waals surface area contributed by atoms with Gasteiger partial charge in [-0.1, -0.05) is 48.5 Å². The van der Waals surface area contributed by atoms with Gasteiger partial charge in [-0.3, -0.25) is 14.3 Å². The van der Waals surface area contributed by atoms with Crippen LogP contribution in [-0.4, -0.2) is 57.6 Å². The summed E-state index contributed by atoms with van der Waals surface area (Å²) >= 11 is 0. The molecular formula is C30H30N4O2. The highest BCUT2D eigenvalue weighted by Gasteiger charge is 2.35. The molecule has 4 aromatic rings. The number of rotatable bonds is 5. The second-order valence-electron chi connectivity index (χ2n) is 10.2. The molecule has 1 atom stereocenters. The molecule has 0 bridgehead atoms.